The van der Waals surface area contributed by atoms with Crippen molar-refractivity contribution >= 4 is 27.5 Å². The molecule has 20 heavy (non-hydrogen) atoms. The lowest BCUT2D eigenvalue weighted by molar-refractivity contribution is -0.131. The molecule has 0 spiro atoms. The van der Waals surface area contributed by atoms with Gasteiger partial charge in [-0.15, -0.1) is 11.3 Å². The molecule has 2 aromatic carbocycles. The largest absolute Gasteiger partial charge is 0.427 e. The van der Waals surface area contributed by atoms with Gasteiger partial charge in [-0.1, -0.05) is 29.8 Å². The Hall–Kier alpha value is -2.20. The Morgan fingerprint density at radius 3 is 2.60 bits per heavy atom. The number of hydrogen-bond donors (Lipinski definition) is 0. The third-order valence-electron chi connectivity index (χ3n) is 2.92. The molecule has 1 heterocycles. The number of esters is 1. The van der Waals surface area contributed by atoms with Crippen molar-refractivity contribution in [1.29, 1.82) is 0 Å². The number of benzene rings is 2. The molecule has 0 saturated carbocycles. The highest BCUT2D eigenvalue weighted by Gasteiger charge is 2.08. The summed E-state index contributed by atoms with van der Waals surface area (Å²) in [7, 11) is 0. The Balaban J connectivity index is 2.01. The number of thiazole rings is 1. The topological polar surface area (TPSA) is 39.2 Å². The molecule has 0 fully saturated rings. The van der Waals surface area contributed by atoms with Gasteiger partial charge in [0, 0.05) is 18.6 Å². The molecule has 3 nitrogen and oxygen atoms in total. The summed E-state index contributed by atoms with van der Waals surface area (Å²) in [5.74, 6) is 0.212. The number of carbonyl (C=O) groups is 1. The molecular formula is C16H13NO2S. The van der Waals surface area contributed by atoms with Crippen LogP contribution in [0.2, 0.25) is 0 Å². The lowest BCUT2D eigenvalue weighted by atomic mass is 10.2. The Morgan fingerprint density at radius 1 is 1.15 bits per heavy atom. The summed E-state index contributed by atoms with van der Waals surface area (Å²) in [6.07, 6.45) is 0. The fourth-order valence-electron chi connectivity index (χ4n) is 1.96. The monoisotopic (exact) mass is 283 g/mol. The predicted octanol–water partition coefficient (Wildman–Crippen LogP) is 4.20. The number of hydrogen-bond acceptors (Lipinski definition) is 4. The van der Waals surface area contributed by atoms with Crippen molar-refractivity contribution in [2.45, 2.75) is 13.8 Å². The number of nitrogens with zero attached hydrogens (tertiary/aromatic N) is 1. The van der Waals surface area contributed by atoms with E-state index in [0.717, 1.165) is 20.8 Å². The van der Waals surface area contributed by atoms with E-state index in [2.05, 4.69) is 36.2 Å². The second-order valence-corrected chi connectivity index (χ2v) is 5.64. The molecular weight excluding hydrogens is 270 g/mol. The Labute approximate surface area is 120 Å². The van der Waals surface area contributed by atoms with E-state index in [1.165, 1.54) is 12.5 Å². The van der Waals surface area contributed by atoms with E-state index in [9.17, 15) is 4.79 Å². The number of aryl methyl sites for hydroxylation is 1. The first-order valence-electron chi connectivity index (χ1n) is 6.28. The van der Waals surface area contributed by atoms with Crippen LogP contribution in [0.1, 0.15) is 12.5 Å². The van der Waals surface area contributed by atoms with Crippen LogP contribution in [0.4, 0.5) is 0 Å². The van der Waals surface area contributed by atoms with Gasteiger partial charge in [0.25, 0.3) is 0 Å². The van der Waals surface area contributed by atoms with Crippen LogP contribution in [0.5, 0.6) is 5.75 Å². The van der Waals surface area contributed by atoms with Gasteiger partial charge in [0.2, 0.25) is 0 Å². The van der Waals surface area contributed by atoms with Gasteiger partial charge in [0.05, 0.1) is 10.2 Å². The van der Waals surface area contributed by atoms with Crippen LogP contribution in [0.15, 0.2) is 42.5 Å². The molecule has 0 bridgehead atoms. The molecule has 0 aliphatic heterocycles. The fraction of sp³-hybridized carbons (Fsp3) is 0.125. The highest BCUT2D eigenvalue weighted by molar-refractivity contribution is 7.21. The lowest BCUT2D eigenvalue weighted by Gasteiger charge is -1.99. The Kier molecular flexibility index (Phi) is 3.24. The van der Waals surface area contributed by atoms with Crippen molar-refractivity contribution in [3.8, 4) is 16.3 Å². The minimum absolute atomic E-state index is 0.321. The standard InChI is InChI=1S/C16H13NO2S/c1-10-3-5-12(6-4-10)16-17-14-9-13(19-11(2)18)7-8-15(14)20-16/h3-9H,1-2H3. The number of ether oxygens (including phenoxy) is 1. The SMILES string of the molecule is CC(=O)Oc1ccc2sc(-c3ccc(C)cc3)nc2c1. The molecule has 0 aliphatic rings. The Morgan fingerprint density at radius 2 is 1.90 bits per heavy atom. The highest BCUT2D eigenvalue weighted by Crippen LogP contribution is 2.32. The first-order valence-corrected chi connectivity index (χ1v) is 7.09. The number of rotatable bonds is 2. The smallest absolute Gasteiger partial charge is 0.308 e. The summed E-state index contributed by atoms with van der Waals surface area (Å²) >= 11 is 1.63. The van der Waals surface area contributed by atoms with Gasteiger partial charge in [-0.25, -0.2) is 4.98 Å². The van der Waals surface area contributed by atoms with Crippen LogP contribution >= 0.6 is 11.3 Å². The first kappa shape index (κ1) is 12.8. The summed E-state index contributed by atoms with van der Waals surface area (Å²) in [6, 6.07) is 13.8. The maximum Gasteiger partial charge on any atom is 0.308 e. The van der Waals surface area contributed by atoms with Gasteiger partial charge < -0.3 is 4.74 Å². The highest BCUT2D eigenvalue weighted by atomic mass is 32.1. The molecule has 0 amide bonds. The van der Waals surface area contributed by atoms with Gasteiger partial charge in [-0.05, 0) is 19.1 Å². The van der Waals surface area contributed by atoms with E-state index in [1.807, 2.05) is 6.07 Å². The van der Waals surface area contributed by atoms with Crippen LogP contribution in [-0.2, 0) is 4.79 Å². The minimum Gasteiger partial charge on any atom is -0.427 e. The average Bonchev–Trinajstić information content (AvgIpc) is 2.81. The van der Waals surface area contributed by atoms with E-state index >= 15 is 0 Å². The summed E-state index contributed by atoms with van der Waals surface area (Å²) in [5, 5.41) is 0.972. The Bertz CT molecular complexity index is 775. The van der Waals surface area contributed by atoms with Crippen molar-refractivity contribution in [3.05, 3.63) is 48.0 Å². The predicted molar refractivity (Wildman–Crippen MR) is 81.1 cm³/mol. The van der Waals surface area contributed by atoms with E-state index in [1.54, 1.807) is 23.5 Å². The summed E-state index contributed by atoms with van der Waals surface area (Å²) < 4.78 is 6.16. The summed E-state index contributed by atoms with van der Waals surface area (Å²) in [6.45, 7) is 3.45. The van der Waals surface area contributed by atoms with Crippen molar-refractivity contribution in [2.75, 3.05) is 0 Å². The maximum absolute atomic E-state index is 11.0. The van der Waals surface area contributed by atoms with Crippen LogP contribution < -0.4 is 4.74 Å². The normalized spacial score (nSPS) is 10.7. The number of aromatic nitrogens is 1. The van der Waals surface area contributed by atoms with Gasteiger partial charge in [0.1, 0.15) is 10.8 Å². The van der Waals surface area contributed by atoms with Crippen LogP contribution in [-0.4, -0.2) is 11.0 Å². The zero-order chi connectivity index (χ0) is 14.1. The van der Waals surface area contributed by atoms with Gasteiger partial charge >= 0.3 is 5.97 Å². The molecule has 3 rings (SSSR count). The molecule has 0 atom stereocenters. The molecule has 0 saturated heterocycles. The lowest BCUT2D eigenvalue weighted by Crippen LogP contribution is -2.00. The maximum atomic E-state index is 11.0. The first-order chi connectivity index (χ1) is 9.61. The van der Waals surface area contributed by atoms with E-state index in [-0.39, 0.29) is 5.97 Å². The molecule has 3 aromatic rings. The number of carbonyl (C=O) groups excluding carboxylic acids is 1. The van der Waals surface area contributed by atoms with Crippen molar-refractivity contribution in [2.24, 2.45) is 0 Å². The molecule has 0 radical (unpaired) electrons. The van der Waals surface area contributed by atoms with Crippen molar-refractivity contribution in [1.82, 2.24) is 4.98 Å². The second-order valence-electron chi connectivity index (χ2n) is 4.61. The molecule has 1 aromatic heterocycles. The van der Waals surface area contributed by atoms with Crippen LogP contribution in [0.25, 0.3) is 20.8 Å². The molecule has 0 N–H and O–H groups in total. The van der Waals surface area contributed by atoms with E-state index in [0.29, 0.717) is 5.75 Å². The second kappa shape index (κ2) is 5.06. The zero-order valence-corrected chi connectivity index (χ0v) is 12.0. The third-order valence-corrected chi connectivity index (χ3v) is 4.00. The minimum atomic E-state index is -0.321. The van der Waals surface area contributed by atoms with Gasteiger partial charge in [-0.3, -0.25) is 4.79 Å². The summed E-state index contributed by atoms with van der Waals surface area (Å²) in [4.78, 5) is 15.6. The van der Waals surface area contributed by atoms with E-state index in [4.69, 9.17) is 4.74 Å². The molecule has 100 valence electrons. The fourth-order valence-corrected chi connectivity index (χ4v) is 2.91. The average molecular weight is 283 g/mol. The molecule has 4 heteroatoms. The molecule has 0 aliphatic carbocycles. The van der Waals surface area contributed by atoms with Gasteiger partial charge in [0.15, 0.2) is 0 Å². The third kappa shape index (κ3) is 2.56. The molecule has 0 unspecified atom stereocenters. The quantitative estimate of drug-likeness (QED) is 0.522. The van der Waals surface area contributed by atoms with Crippen LogP contribution in [0.3, 0.4) is 0 Å². The van der Waals surface area contributed by atoms with Crippen molar-refractivity contribution < 1.29 is 9.53 Å². The van der Waals surface area contributed by atoms with Crippen LogP contribution in [0, 0.1) is 6.92 Å². The van der Waals surface area contributed by atoms with Gasteiger partial charge in [-0.2, -0.15) is 0 Å². The summed E-state index contributed by atoms with van der Waals surface area (Å²) in [5.41, 5.74) is 3.18. The zero-order valence-electron chi connectivity index (χ0n) is 11.2. The van der Waals surface area contributed by atoms with Crippen molar-refractivity contribution in [3.63, 3.8) is 0 Å². The number of fused-ring (bicyclic) bond motifs is 1. The van der Waals surface area contributed by atoms with E-state index < -0.39 is 0 Å².